The predicted molar refractivity (Wildman–Crippen MR) is 107 cm³/mol. The molecule has 0 saturated heterocycles. The molecule has 2 aromatic carbocycles. The molecule has 0 atom stereocenters. The molecule has 0 saturated carbocycles. The lowest BCUT2D eigenvalue weighted by Gasteiger charge is -2.10. The maximum atomic E-state index is 12.4. The van der Waals surface area contributed by atoms with Crippen molar-refractivity contribution >= 4 is 28.9 Å². The number of carbonyl (C=O) groups excluding carboxylic acids is 1. The molecule has 0 radical (unpaired) electrons. The fourth-order valence-electron chi connectivity index (χ4n) is 2.54. The Hall–Kier alpha value is -2.85. The zero-order chi connectivity index (χ0) is 18.5. The van der Waals surface area contributed by atoms with E-state index in [0.29, 0.717) is 22.9 Å². The molecule has 4 nitrogen and oxygen atoms in total. The van der Waals surface area contributed by atoms with Crippen LogP contribution >= 0.6 is 11.6 Å². The summed E-state index contributed by atoms with van der Waals surface area (Å²) < 4.78 is 0. The van der Waals surface area contributed by atoms with Crippen molar-refractivity contribution in [2.75, 3.05) is 10.6 Å². The summed E-state index contributed by atoms with van der Waals surface area (Å²) in [4.78, 5) is 16.6. The van der Waals surface area contributed by atoms with Crippen molar-refractivity contribution in [2.24, 2.45) is 0 Å². The summed E-state index contributed by atoms with van der Waals surface area (Å²) in [5.41, 5.74) is 5.23. The average molecular weight is 366 g/mol. The summed E-state index contributed by atoms with van der Waals surface area (Å²) in [5.74, 6) is -0.274. The lowest BCUT2D eigenvalue weighted by Crippen LogP contribution is -2.14. The van der Waals surface area contributed by atoms with Crippen molar-refractivity contribution in [1.82, 2.24) is 4.98 Å². The average Bonchev–Trinajstić information content (AvgIpc) is 2.64. The highest BCUT2D eigenvalue weighted by atomic mass is 35.5. The van der Waals surface area contributed by atoms with Gasteiger partial charge in [0.25, 0.3) is 5.91 Å². The van der Waals surface area contributed by atoms with Gasteiger partial charge < -0.3 is 10.6 Å². The van der Waals surface area contributed by atoms with Crippen LogP contribution in [0.4, 0.5) is 11.4 Å². The molecule has 0 unspecified atom stereocenters. The van der Waals surface area contributed by atoms with Gasteiger partial charge in [-0.05, 0) is 54.8 Å². The second kappa shape index (κ2) is 8.02. The number of carbonyl (C=O) groups is 1. The van der Waals surface area contributed by atoms with Crippen LogP contribution in [0, 0.1) is 13.8 Å². The standard InChI is InChI=1S/C21H20ClN3O/c1-14-5-3-4-6-16(14)13-24-17-9-10-23-20(12-17)21(26)25-18-8-7-15(2)19(22)11-18/h3-12H,13H2,1-2H3,(H,23,24)(H,25,26). The van der Waals surface area contributed by atoms with Crippen LogP contribution in [0.2, 0.25) is 5.02 Å². The minimum atomic E-state index is -0.274. The van der Waals surface area contributed by atoms with Crippen molar-refractivity contribution in [2.45, 2.75) is 20.4 Å². The lowest BCUT2D eigenvalue weighted by atomic mass is 10.1. The maximum Gasteiger partial charge on any atom is 0.274 e. The minimum absolute atomic E-state index is 0.274. The van der Waals surface area contributed by atoms with Gasteiger partial charge in [0.2, 0.25) is 0 Å². The van der Waals surface area contributed by atoms with Gasteiger partial charge in [0.1, 0.15) is 5.69 Å². The highest BCUT2D eigenvalue weighted by Gasteiger charge is 2.09. The molecule has 0 spiro atoms. The quantitative estimate of drug-likeness (QED) is 0.652. The molecule has 0 bridgehead atoms. The molecular weight excluding hydrogens is 346 g/mol. The Bertz CT molecular complexity index is 940. The Kier molecular flexibility index (Phi) is 5.54. The van der Waals surface area contributed by atoms with Crippen LogP contribution in [0.15, 0.2) is 60.8 Å². The number of hydrogen-bond donors (Lipinski definition) is 2. The van der Waals surface area contributed by atoms with Crippen molar-refractivity contribution in [3.8, 4) is 0 Å². The summed E-state index contributed by atoms with van der Waals surface area (Å²) in [6, 6.07) is 17.2. The number of anilines is 2. The Labute approximate surface area is 158 Å². The molecular formula is C21H20ClN3O. The van der Waals surface area contributed by atoms with Gasteiger partial charge in [0.05, 0.1) is 0 Å². The molecule has 26 heavy (non-hydrogen) atoms. The molecule has 0 aliphatic rings. The predicted octanol–water partition coefficient (Wildman–Crippen LogP) is 5.22. The zero-order valence-electron chi connectivity index (χ0n) is 14.7. The summed E-state index contributed by atoms with van der Waals surface area (Å²) in [6.07, 6.45) is 1.62. The molecule has 1 heterocycles. The second-order valence-electron chi connectivity index (χ2n) is 6.13. The number of rotatable bonds is 5. The Balaban J connectivity index is 1.69. The van der Waals surface area contributed by atoms with Gasteiger partial charge in [-0.2, -0.15) is 0 Å². The van der Waals surface area contributed by atoms with E-state index in [2.05, 4.69) is 34.7 Å². The summed E-state index contributed by atoms with van der Waals surface area (Å²) in [5, 5.41) is 6.77. The molecule has 132 valence electrons. The van der Waals surface area contributed by atoms with Crippen LogP contribution in [0.1, 0.15) is 27.2 Å². The van der Waals surface area contributed by atoms with Gasteiger partial charge in [0, 0.05) is 29.1 Å². The monoisotopic (exact) mass is 365 g/mol. The Morgan fingerprint density at radius 2 is 1.81 bits per heavy atom. The van der Waals surface area contributed by atoms with Crippen molar-refractivity contribution < 1.29 is 4.79 Å². The fourth-order valence-corrected chi connectivity index (χ4v) is 2.72. The number of aryl methyl sites for hydroxylation is 2. The van der Waals surface area contributed by atoms with Gasteiger partial charge >= 0.3 is 0 Å². The van der Waals surface area contributed by atoms with E-state index >= 15 is 0 Å². The number of nitrogens with zero attached hydrogens (tertiary/aromatic N) is 1. The third kappa shape index (κ3) is 4.41. The van der Waals surface area contributed by atoms with Gasteiger partial charge in [-0.3, -0.25) is 9.78 Å². The number of nitrogens with one attached hydrogen (secondary N) is 2. The Morgan fingerprint density at radius 3 is 2.58 bits per heavy atom. The van der Waals surface area contributed by atoms with Crippen LogP contribution < -0.4 is 10.6 Å². The van der Waals surface area contributed by atoms with E-state index in [-0.39, 0.29) is 5.91 Å². The van der Waals surface area contributed by atoms with E-state index in [1.165, 1.54) is 11.1 Å². The molecule has 3 rings (SSSR count). The van der Waals surface area contributed by atoms with E-state index in [0.717, 1.165) is 11.3 Å². The van der Waals surface area contributed by atoms with Crippen LogP contribution in [0.5, 0.6) is 0 Å². The molecule has 0 aliphatic carbocycles. The first-order chi connectivity index (χ1) is 12.5. The summed E-state index contributed by atoms with van der Waals surface area (Å²) in [6.45, 7) is 4.68. The van der Waals surface area contributed by atoms with E-state index in [1.807, 2.05) is 37.3 Å². The van der Waals surface area contributed by atoms with E-state index in [1.54, 1.807) is 18.3 Å². The second-order valence-corrected chi connectivity index (χ2v) is 6.54. The van der Waals surface area contributed by atoms with Crippen LogP contribution in [-0.4, -0.2) is 10.9 Å². The third-order valence-electron chi connectivity index (χ3n) is 4.17. The number of amides is 1. The first kappa shape index (κ1) is 18.0. The van der Waals surface area contributed by atoms with E-state index < -0.39 is 0 Å². The first-order valence-corrected chi connectivity index (χ1v) is 8.72. The third-order valence-corrected chi connectivity index (χ3v) is 4.57. The molecule has 1 amide bonds. The molecule has 1 aromatic heterocycles. The smallest absolute Gasteiger partial charge is 0.274 e. The molecule has 2 N–H and O–H groups in total. The van der Waals surface area contributed by atoms with Crippen molar-refractivity contribution in [3.63, 3.8) is 0 Å². The highest BCUT2D eigenvalue weighted by Crippen LogP contribution is 2.20. The van der Waals surface area contributed by atoms with Gasteiger partial charge in [0.15, 0.2) is 0 Å². The Morgan fingerprint density at radius 1 is 1.00 bits per heavy atom. The number of aromatic nitrogens is 1. The van der Waals surface area contributed by atoms with Crippen LogP contribution in [-0.2, 0) is 6.54 Å². The van der Waals surface area contributed by atoms with Crippen molar-refractivity contribution in [3.05, 3.63) is 88.2 Å². The van der Waals surface area contributed by atoms with Crippen LogP contribution in [0.3, 0.4) is 0 Å². The van der Waals surface area contributed by atoms with E-state index in [9.17, 15) is 4.79 Å². The normalized spacial score (nSPS) is 10.4. The number of benzene rings is 2. The number of pyridine rings is 1. The highest BCUT2D eigenvalue weighted by molar-refractivity contribution is 6.31. The zero-order valence-corrected chi connectivity index (χ0v) is 15.5. The molecule has 5 heteroatoms. The SMILES string of the molecule is Cc1ccc(NC(=O)c2cc(NCc3ccccc3C)ccn2)cc1Cl. The maximum absolute atomic E-state index is 12.4. The fraction of sp³-hybridized carbons (Fsp3) is 0.143. The summed E-state index contributed by atoms with van der Waals surface area (Å²) >= 11 is 6.10. The molecule has 3 aromatic rings. The molecule has 0 aliphatic heterocycles. The van der Waals surface area contributed by atoms with Gasteiger partial charge in [-0.1, -0.05) is 41.9 Å². The molecule has 0 fully saturated rings. The van der Waals surface area contributed by atoms with Crippen molar-refractivity contribution in [1.29, 1.82) is 0 Å². The minimum Gasteiger partial charge on any atom is -0.381 e. The van der Waals surface area contributed by atoms with Gasteiger partial charge in [-0.25, -0.2) is 0 Å². The topological polar surface area (TPSA) is 54.0 Å². The lowest BCUT2D eigenvalue weighted by molar-refractivity contribution is 0.102. The van der Waals surface area contributed by atoms with Crippen LogP contribution in [0.25, 0.3) is 0 Å². The van der Waals surface area contributed by atoms with E-state index in [4.69, 9.17) is 11.6 Å². The summed E-state index contributed by atoms with van der Waals surface area (Å²) in [7, 11) is 0. The first-order valence-electron chi connectivity index (χ1n) is 8.35. The number of halogens is 1. The van der Waals surface area contributed by atoms with Gasteiger partial charge in [-0.15, -0.1) is 0 Å². The largest absolute Gasteiger partial charge is 0.381 e. The number of hydrogen-bond acceptors (Lipinski definition) is 3.